The smallest absolute Gasteiger partial charge is 0.258 e. The van der Waals surface area contributed by atoms with Crippen molar-refractivity contribution in [1.82, 2.24) is 15.3 Å². The van der Waals surface area contributed by atoms with Gasteiger partial charge in [0, 0.05) is 18.9 Å². The number of aromatic nitrogens is 2. The van der Waals surface area contributed by atoms with Gasteiger partial charge in [0.15, 0.2) is 0 Å². The van der Waals surface area contributed by atoms with Crippen LogP contribution in [0, 0.1) is 5.92 Å². The van der Waals surface area contributed by atoms with E-state index < -0.39 is 0 Å². The number of nitrogens with one attached hydrogen (secondary N) is 2. The zero-order valence-corrected chi connectivity index (χ0v) is 14.2. The fourth-order valence-electron chi connectivity index (χ4n) is 3.48. The Morgan fingerprint density at radius 1 is 1.29 bits per heavy atom. The summed E-state index contributed by atoms with van der Waals surface area (Å²) in [5.41, 5.74) is 0.591. The summed E-state index contributed by atoms with van der Waals surface area (Å²) in [6.45, 7) is 2.22. The molecule has 2 atom stereocenters. The summed E-state index contributed by atoms with van der Waals surface area (Å²) < 4.78 is 0. The second-order valence-corrected chi connectivity index (χ2v) is 6.82. The first-order valence-electron chi connectivity index (χ1n) is 8.91. The van der Waals surface area contributed by atoms with Crippen LogP contribution >= 0.6 is 0 Å². The van der Waals surface area contributed by atoms with Crippen LogP contribution < -0.4 is 10.9 Å². The van der Waals surface area contributed by atoms with Gasteiger partial charge in [-0.15, -0.1) is 0 Å². The van der Waals surface area contributed by atoms with E-state index in [2.05, 4.69) is 22.2 Å². The second-order valence-electron chi connectivity index (χ2n) is 6.82. The Labute approximate surface area is 141 Å². The molecule has 128 valence electrons. The average molecular weight is 327 g/mol. The SMILES string of the molecule is C[C@H]1CCCC[C@@H]1NC(=O)CCCc1nc2ccccc2c(=O)[nH]1. The topological polar surface area (TPSA) is 74.8 Å². The van der Waals surface area contributed by atoms with Crippen molar-refractivity contribution >= 4 is 16.8 Å². The molecule has 0 bridgehead atoms. The number of benzene rings is 1. The van der Waals surface area contributed by atoms with E-state index in [1.54, 1.807) is 6.07 Å². The van der Waals surface area contributed by atoms with Crippen molar-refractivity contribution in [2.75, 3.05) is 0 Å². The lowest BCUT2D eigenvalue weighted by Gasteiger charge is -2.29. The molecule has 1 saturated carbocycles. The number of amides is 1. The molecule has 1 aromatic heterocycles. The van der Waals surface area contributed by atoms with Crippen LogP contribution in [0.1, 0.15) is 51.3 Å². The molecule has 1 heterocycles. The monoisotopic (exact) mass is 327 g/mol. The summed E-state index contributed by atoms with van der Waals surface area (Å²) in [7, 11) is 0. The number of aryl methyl sites for hydroxylation is 1. The number of carbonyl (C=O) groups is 1. The third-order valence-electron chi connectivity index (χ3n) is 4.94. The number of aromatic amines is 1. The number of para-hydroxylation sites is 1. The van der Waals surface area contributed by atoms with Gasteiger partial charge in [-0.1, -0.05) is 31.9 Å². The third-order valence-corrected chi connectivity index (χ3v) is 4.94. The first-order chi connectivity index (χ1) is 11.6. The zero-order valence-electron chi connectivity index (χ0n) is 14.2. The van der Waals surface area contributed by atoms with Crippen molar-refractivity contribution in [3.63, 3.8) is 0 Å². The summed E-state index contributed by atoms with van der Waals surface area (Å²) in [4.78, 5) is 31.4. The van der Waals surface area contributed by atoms with Crippen LogP contribution in [0.25, 0.3) is 10.9 Å². The van der Waals surface area contributed by atoms with Gasteiger partial charge in [0.1, 0.15) is 5.82 Å². The van der Waals surface area contributed by atoms with Gasteiger partial charge >= 0.3 is 0 Å². The molecule has 24 heavy (non-hydrogen) atoms. The van der Waals surface area contributed by atoms with Gasteiger partial charge in [-0.05, 0) is 37.3 Å². The molecule has 0 unspecified atom stereocenters. The molecule has 0 aliphatic heterocycles. The molecular weight excluding hydrogens is 302 g/mol. The highest BCUT2D eigenvalue weighted by Gasteiger charge is 2.22. The van der Waals surface area contributed by atoms with Crippen LogP contribution in [0.5, 0.6) is 0 Å². The third kappa shape index (κ3) is 4.02. The summed E-state index contributed by atoms with van der Waals surface area (Å²) in [6.07, 6.45) is 6.54. The van der Waals surface area contributed by atoms with Gasteiger partial charge in [0.2, 0.25) is 5.91 Å². The van der Waals surface area contributed by atoms with Gasteiger partial charge < -0.3 is 10.3 Å². The molecular formula is C19H25N3O2. The van der Waals surface area contributed by atoms with Crippen LogP contribution in [-0.2, 0) is 11.2 Å². The number of hydrogen-bond donors (Lipinski definition) is 2. The lowest BCUT2D eigenvalue weighted by atomic mass is 9.86. The fraction of sp³-hybridized carbons (Fsp3) is 0.526. The number of H-pyrrole nitrogens is 1. The minimum absolute atomic E-state index is 0.108. The van der Waals surface area contributed by atoms with Crippen LogP contribution in [-0.4, -0.2) is 21.9 Å². The highest BCUT2D eigenvalue weighted by molar-refractivity contribution is 5.77. The number of nitrogens with zero attached hydrogens (tertiary/aromatic N) is 1. The minimum Gasteiger partial charge on any atom is -0.353 e. The number of carbonyl (C=O) groups excluding carboxylic acids is 1. The molecule has 0 radical (unpaired) electrons. The maximum Gasteiger partial charge on any atom is 0.258 e. The van der Waals surface area contributed by atoms with Crippen molar-refractivity contribution in [3.8, 4) is 0 Å². The van der Waals surface area contributed by atoms with Crippen LogP contribution in [0.3, 0.4) is 0 Å². The molecule has 1 aliphatic rings. The minimum atomic E-state index is -0.115. The summed E-state index contributed by atoms with van der Waals surface area (Å²) >= 11 is 0. The van der Waals surface area contributed by atoms with Crippen molar-refractivity contribution in [2.45, 2.75) is 57.9 Å². The Hall–Kier alpha value is -2.17. The quantitative estimate of drug-likeness (QED) is 0.886. The van der Waals surface area contributed by atoms with Gasteiger partial charge in [-0.3, -0.25) is 9.59 Å². The van der Waals surface area contributed by atoms with E-state index in [0.717, 1.165) is 6.42 Å². The van der Waals surface area contributed by atoms with Crippen LogP contribution in [0.15, 0.2) is 29.1 Å². The Morgan fingerprint density at radius 3 is 2.92 bits per heavy atom. The summed E-state index contributed by atoms with van der Waals surface area (Å²) in [6, 6.07) is 7.63. The molecule has 1 aromatic carbocycles. The fourth-order valence-corrected chi connectivity index (χ4v) is 3.48. The van der Waals surface area contributed by atoms with Gasteiger partial charge in [0.05, 0.1) is 10.9 Å². The Bertz CT molecular complexity index is 769. The van der Waals surface area contributed by atoms with Gasteiger partial charge in [0.25, 0.3) is 5.56 Å². The van der Waals surface area contributed by atoms with Crippen LogP contribution in [0.4, 0.5) is 0 Å². The van der Waals surface area contributed by atoms with E-state index in [4.69, 9.17) is 0 Å². The molecule has 2 aromatic rings. The molecule has 1 amide bonds. The molecule has 5 heteroatoms. The number of hydrogen-bond acceptors (Lipinski definition) is 3. The van der Waals surface area contributed by atoms with Crippen molar-refractivity contribution in [2.24, 2.45) is 5.92 Å². The maximum atomic E-state index is 12.1. The van der Waals surface area contributed by atoms with E-state index >= 15 is 0 Å². The lowest BCUT2D eigenvalue weighted by Crippen LogP contribution is -2.40. The number of fused-ring (bicyclic) bond motifs is 1. The predicted molar refractivity (Wildman–Crippen MR) is 94.9 cm³/mol. The number of rotatable bonds is 5. The molecule has 5 nitrogen and oxygen atoms in total. The highest BCUT2D eigenvalue weighted by atomic mass is 16.1. The van der Waals surface area contributed by atoms with E-state index in [-0.39, 0.29) is 11.5 Å². The maximum absolute atomic E-state index is 12.1. The van der Waals surface area contributed by atoms with Gasteiger partial charge in [-0.25, -0.2) is 4.98 Å². The first kappa shape index (κ1) is 16.7. The van der Waals surface area contributed by atoms with Crippen molar-refractivity contribution in [1.29, 1.82) is 0 Å². The average Bonchev–Trinajstić information content (AvgIpc) is 2.57. The molecule has 3 rings (SSSR count). The van der Waals surface area contributed by atoms with Crippen molar-refractivity contribution < 1.29 is 4.79 Å². The predicted octanol–water partition coefficient (Wildman–Crippen LogP) is 2.94. The Balaban J connectivity index is 1.52. The van der Waals surface area contributed by atoms with E-state index in [1.165, 1.54) is 19.3 Å². The van der Waals surface area contributed by atoms with E-state index in [0.29, 0.717) is 47.9 Å². The first-order valence-corrected chi connectivity index (χ1v) is 8.91. The van der Waals surface area contributed by atoms with Gasteiger partial charge in [-0.2, -0.15) is 0 Å². The normalized spacial score (nSPS) is 20.9. The van der Waals surface area contributed by atoms with Crippen molar-refractivity contribution in [3.05, 3.63) is 40.4 Å². The molecule has 2 N–H and O–H groups in total. The molecule has 1 aliphatic carbocycles. The molecule has 1 fully saturated rings. The molecule has 0 spiro atoms. The largest absolute Gasteiger partial charge is 0.353 e. The van der Waals surface area contributed by atoms with E-state index in [9.17, 15) is 9.59 Å². The molecule has 0 saturated heterocycles. The lowest BCUT2D eigenvalue weighted by molar-refractivity contribution is -0.122. The van der Waals surface area contributed by atoms with E-state index in [1.807, 2.05) is 18.2 Å². The zero-order chi connectivity index (χ0) is 16.9. The standard InChI is InChI=1S/C19H25N3O2/c1-13-7-2-4-9-15(13)21-18(23)12-6-11-17-20-16-10-5-3-8-14(16)19(24)22-17/h3,5,8,10,13,15H,2,4,6-7,9,11-12H2,1H3,(H,21,23)(H,20,22,24)/t13-,15-/m0/s1. The summed E-state index contributed by atoms with van der Waals surface area (Å²) in [5.74, 6) is 1.33. The Morgan fingerprint density at radius 2 is 2.08 bits per heavy atom. The van der Waals surface area contributed by atoms with Crippen LogP contribution in [0.2, 0.25) is 0 Å². The highest BCUT2D eigenvalue weighted by Crippen LogP contribution is 2.23. The Kier molecular flexibility index (Phi) is 5.28. The second kappa shape index (κ2) is 7.60. The summed E-state index contributed by atoms with van der Waals surface area (Å²) in [5, 5.41) is 3.77.